The van der Waals surface area contributed by atoms with E-state index in [1.165, 1.54) is 23.7 Å². The van der Waals surface area contributed by atoms with Gasteiger partial charge in [0.05, 0.1) is 5.69 Å². The molecule has 2 aromatic rings. The monoisotopic (exact) mass is 281 g/mol. The minimum atomic E-state index is -0.824. The van der Waals surface area contributed by atoms with Gasteiger partial charge in [-0.05, 0) is 12.8 Å². The number of hydrogen-bond acceptors (Lipinski definition) is 6. The number of aliphatic carboxylic acids is 1. The van der Waals surface area contributed by atoms with Gasteiger partial charge in [0.25, 0.3) is 5.91 Å². The molecular weight excluding hydrogens is 270 g/mol. The molecule has 0 aromatic carbocycles. The van der Waals surface area contributed by atoms with Gasteiger partial charge in [0.1, 0.15) is 6.26 Å². The van der Waals surface area contributed by atoms with Gasteiger partial charge in [-0.2, -0.15) is 0 Å². The number of thiazole rings is 1. The van der Waals surface area contributed by atoms with Crippen LogP contribution in [0, 0.1) is 0 Å². The number of carbonyl (C=O) groups is 2. The first-order chi connectivity index (χ1) is 9.15. The van der Waals surface area contributed by atoms with Gasteiger partial charge in [-0.25, -0.2) is 4.98 Å². The third-order valence-electron chi connectivity index (χ3n) is 2.27. The maximum absolute atomic E-state index is 11.6. The Balaban J connectivity index is 1.87. The summed E-state index contributed by atoms with van der Waals surface area (Å²) < 4.78 is 4.57. The average Bonchev–Trinajstić information content (AvgIpc) is 2.99. The van der Waals surface area contributed by atoms with E-state index < -0.39 is 5.97 Å². The lowest BCUT2D eigenvalue weighted by atomic mass is 10.2. The Morgan fingerprint density at radius 3 is 3.00 bits per heavy atom. The molecule has 100 valence electrons. The number of rotatable bonds is 6. The lowest BCUT2D eigenvalue weighted by Gasteiger charge is -1.96. The van der Waals surface area contributed by atoms with Crippen molar-refractivity contribution in [2.75, 3.05) is 5.32 Å². The number of anilines is 1. The van der Waals surface area contributed by atoms with E-state index >= 15 is 0 Å². The second kappa shape index (κ2) is 6.10. The van der Waals surface area contributed by atoms with Gasteiger partial charge in [0.2, 0.25) is 0 Å². The number of aryl methyl sites for hydroxylation is 1. The molecule has 0 saturated carbocycles. The normalized spacial score (nSPS) is 10.3. The van der Waals surface area contributed by atoms with Gasteiger partial charge in [0, 0.05) is 17.9 Å². The van der Waals surface area contributed by atoms with Crippen molar-refractivity contribution in [3.8, 4) is 0 Å². The first-order valence-corrected chi connectivity index (χ1v) is 6.41. The van der Waals surface area contributed by atoms with Crippen LogP contribution in [0.15, 0.2) is 22.2 Å². The molecule has 0 aliphatic rings. The molecule has 0 unspecified atom stereocenters. The molecular formula is C11H11N3O4S. The van der Waals surface area contributed by atoms with Gasteiger partial charge in [-0.15, -0.1) is 11.3 Å². The zero-order valence-corrected chi connectivity index (χ0v) is 10.6. The Hall–Kier alpha value is -2.22. The van der Waals surface area contributed by atoms with Crippen molar-refractivity contribution in [1.82, 2.24) is 10.1 Å². The maximum atomic E-state index is 11.6. The zero-order chi connectivity index (χ0) is 13.7. The van der Waals surface area contributed by atoms with Gasteiger partial charge >= 0.3 is 5.97 Å². The highest BCUT2D eigenvalue weighted by molar-refractivity contribution is 7.13. The number of carboxylic acid groups (broad SMARTS) is 1. The van der Waals surface area contributed by atoms with E-state index in [2.05, 4.69) is 20.0 Å². The summed E-state index contributed by atoms with van der Waals surface area (Å²) in [5.41, 5.74) is 0.948. The molecule has 2 heterocycles. The molecule has 8 heteroatoms. The smallest absolute Gasteiger partial charge is 0.303 e. The van der Waals surface area contributed by atoms with Gasteiger partial charge in [-0.1, -0.05) is 5.16 Å². The molecule has 1 amide bonds. The van der Waals surface area contributed by atoms with E-state index in [-0.39, 0.29) is 18.0 Å². The second-order valence-electron chi connectivity index (χ2n) is 3.73. The quantitative estimate of drug-likeness (QED) is 0.836. The summed E-state index contributed by atoms with van der Waals surface area (Å²) >= 11 is 1.29. The summed E-state index contributed by atoms with van der Waals surface area (Å²) in [6.07, 6.45) is 2.52. The predicted octanol–water partition coefficient (Wildman–Crippen LogP) is 1.79. The van der Waals surface area contributed by atoms with E-state index in [9.17, 15) is 9.59 Å². The van der Waals surface area contributed by atoms with E-state index in [1.807, 2.05) is 0 Å². The number of hydrogen-bond donors (Lipinski definition) is 2. The number of carboxylic acids is 1. The predicted molar refractivity (Wildman–Crippen MR) is 67.1 cm³/mol. The largest absolute Gasteiger partial charge is 0.481 e. The minimum Gasteiger partial charge on any atom is -0.481 e. The maximum Gasteiger partial charge on any atom is 0.303 e. The van der Waals surface area contributed by atoms with Gasteiger partial charge in [0.15, 0.2) is 10.8 Å². The molecule has 0 fully saturated rings. The Labute approximate surface area is 112 Å². The van der Waals surface area contributed by atoms with Crippen LogP contribution in [0.4, 0.5) is 5.13 Å². The standard InChI is InChI=1S/C11H11N3O4S/c15-9(16)3-1-2-7-6-19-11(12-7)13-10(17)8-4-5-18-14-8/h4-6H,1-3H2,(H,15,16)(H,12,13,17). The highest BCUT2D eigenvalue weighted by Crippen LogP contribution is 2.17. The molecule has 0 aliphatic heterocycles. The summed E-state index contributed by atoms with van der Waals surface area (Å²) in [6.45, 7) is 0. The number of nitrogens with zero attached hydrogens (tertiary/aromatic N) is 2. The Kier molecular flexibility index (Phi) is 4.24. The van der Waals surface area contributed by atoms with Crippen molar-refractivity contribution >= 4 is 28.3 Å². The molecule has 19 heavy (non-hydrogen) atoms. The van der Waals surface area contributed by atoms with Crippen molar-refractivity contribution in [3.63, 3.8) is 0 Å². The van der Waals surface area contributed by atoms with E-state index in [0.29, 0.717) is 18.0 Å². The molecule has 0 radical (unpaired) electrons. The number of amides is 1. The fraction of sp³-hybridized carbons (Fsp3) is 0.273. The van der Waals surface area contributed by atoms with E-state index in [0.717, 1.165) is 5.69 Å². The van der Waals surface area contributed by atoms with Crippen LogP contribution in [0.1, 0.15) is 29.0 Å². The number of nitrogens with one attached hydrogen (secondary N) is 1. The van der Waals surface area contributed by atoms with Crippen LogP contribution in [0.3, 0.4) is 0 Å². The van der Waals surface area contributed by atoms with E-state index in [1.54, 1.807) is 5.38 Å². The van der Waals surface area contributed by atoms with Gasteiger partial charge in [-0.3, -0.25) is 14.9 Å². The van der Waals surface area contributed by atoms with Crippen LogP contribution >= 0.6 is 11.3 Å². The number of carbonyl (C=O) groups excluding carboxylic acids is 1. The third-order valence-corrected chi connectivity index (χ3v) is 3.07. The second-order valence-corrected chi connectivity index (χ2v) is 4.59. The van der Waals surface area contributed by atoms with Crippen LogP contribution in [-0.2, 0) is 11.2 Å². The minimum absolute atomic E-state index is 0.109. The topological polar surface area (TPSA) is 105 Å². The highest BCUT2D eigenvalue weighted by atomic mass is 32.1. The lowest BCUT2D eigenvalue weighted by Crippen LogP contribution is -2.11. The summed E-state index contributed by atoms with van der Waals surface area (Å²) in [6, 6.07) is 1.46. The summed E-state index contributed by atoms with van der Waals surface area (Å²) in [4.78, 5) is 26.2. The SMILES string of the molecule is O=C(O)CCCc1csc(NC(=O)c2ccon2)n1. The molecule has 2 rings (SSSR count). The fourth-order valence-corrected chi connectivity index (χ4v) is 2.13. The van der Waals surface area contributed by atoms with Crippen molar-refractivity contribution < 1.29 is 19.2 Å². The van der Waals surface area contributed by atoms with Crippen LogP contribution < -0.4 is 5.32 Å². The van der Waals surface area contributed by atoms with Crippen molar-refractivity contribution in [3.05, 3.63) is 29.1 Å². The molecule has 0 aliphatic carbocycles. The molecule has 0 spiro atoms. The van der Waals surface area contributed by atoms with Crippen molar-refractivity contribution in [2.45, 2.75) is 19.3 Å². The van der Waals surface area contributed by atoms with Crippen molar-refractivity contribution in [2.24, 2.45) is 0 Å². The van der Waals surface area contributed by atoms with Crippen LogP contribution in [0.25, 0.3) is 0 Å². The molecule has 0 saturated heterocycles. The summed E-state index contributed by atoms with van der Waals surface area (Å²) in [5, 5.41) is 16.9. The summed E-state index contributed by atoms with van der Waals surface area (Å²) in [7, 11) is 0. The van der Waals surface area contributed by atoms with Gasteiger partial charge < -0.3 is 9.63 Å². The average molecular weight is 281 g/mol. The highest BCUT2D eigenvalue weighted by Gasteiger charge is 2.11. The Morgan fingerprint density at radius 1 is 1.47 bits per heavy atom. The third kappa shape index (κ3) is 3.88. The van der Waals surface area contributed by atoms with E-state index in [4.69, 9.17) is 5.11 Å². The summed E-state index contributed by atoms with van der Waals surface area (Å²) in [5.74, 6) is -1.21. The molecule has 2 N–H and O–H groups in total. The lowest BCUT2D eigenvalue weighted by molar-refractivity contribution is -0.137. The molecule has 0 bridgehead atoms. The van der Waals surface area contributed by atoms with Crippen molar-refractivity contribution in [1.29, 1.82) is 0 Å². The first kappa shape index (κ1) is 13.2. The zero-order valence-electron chi connectivity index (χ0n) is 9.83. The number of aromatic nitrogens is 2. The molecule has 0 atom stereocenters. The van der Waals surface area contributed by atoms with Crippen LogP contribution in [-0.4, -0.2) is 27.1 Å². The Bertz CT molecular complexity index is 564. The fourth-order valence-electron chi connectivity index (χ4n) is 1.39. The van der Waals surface area contributed by atoms with Crippen LogP contribution in [0.5, 0.6) is 0 Å². The molecule has 2 aromatic heterocycles. The first-order valence-electron chi connectivity index (χ1n) is 5.53. The van der Waals surface area contributed by atoms with Crippen LogP contribution in [0.2, 0.25) is 0 Å². The Morgan fingerprint density at radius 2 is 2.32 bits per heavy atom. The molecule has 7 nitrogen and oxygen atoms in total.